The van der Waals surface area contributed by atoms with E-state index in [0.29, 0.717) is 11.3 Å². The normalized spacial score (nSPS) is 12.2. The Morgan fingerprint density at radius 3 is 2.39 bits per heavy atom. The van der Waals surface area contributed by atoms with Gasteiger partial charge in [0.2, 0.25) is 0 Å². The van der Waals surface area contributed by atoms with Gasteiger partial charge in [-0.15, -0.1) is 0 Å². The van der Waals surface area contributed by atoms with E-state index in [1.54, 1.807) is 25.1 Å². The van der Waals surface area contributed by atoms with Crippen molar-refractivity contribution < 1.29 is 14.2 Å². The van der Waals surface area contributed by atoms with Crippen LogP contribution in [0.25, 0.3) is 0 Å². The molecule has 1 N–H and O–H groups in total. The Labute approximate surface area is 113 Å². The largest absolute Gasteiger partial charge is 0.454 e. The summed E-state index contributed by atoms with van der Waals surface area (Å²) in [6.45, 7) is 1.59. The van der Waals surface area contributed by atoms with Crippen molar-refractivity contribution in [3.8, 4) is 11.5 Å². The summed E-state index contributed by atoms with van der Waals surface area (Å²) >= 11 is 3.31. The van der Waals surface area contributed by atoms with Crippen molar-refractivity contribution in [1.29, 1.82) is 0 Å². The molecular formula is C14H12BrFO2. The lowest BCUT2D eigenvalue weighted by Crippen LogP contribution is -1.94. The number of halogens is 2. The highest BCUT2D eigenvalue weighted by Gasteiger charge is 2.08. The number of aliphatic hydroxyl groups is 1. The predicted molar refractivity (Wildman–Crippen MR) is 71.2 cm³/mol. The van der Waals surface area contributed by atoms with Crippen LogP contribution in [0.15, 0.2) is 46.9 Å². The first-order valence-electron chi connectivity index (χ1n) is 5.47. The predicted octanol–water partition coefficient (Wildman–Crippen LogP) is 4.43. The van der Waals surface area contributed by atoms with E-state index in [9.17, 15) is 9.50 Å². The van der Waals surface area contributed by atoms with Crippen LogP contribution < -0.4 is 4.74 Å². The second-order valence-electron chi connectivity index (χ2n) is 3.92. The Bertz CT molecular complexity index is 538. The molecule has 0 saturated heterocycles. The van der Waals surface area contributed by atoms with Gasteiger partial charge in [-0.3, -0.25) is 0 Å². The molecule has 0 heterocycles. The fraction of sp³-hybridized carbons (Fsp3) is 0.143. The van der Waals surface area contributed by atoms with Crippen molar-refractivity contribution in [2.45, 2.75) is 13.0 Å². The molecule has 2 aromatic carbocycles. The van der Waals surface area contributed by atoms with Crippen LogP contribution in [0, 0.1) is 5.82 Å². The molecule has 4 heteroatoms. The Balaban J connectivity index is 2.22. The molecule has 18 heavy (non-hydrogen) atoms. The van der Waals surface area contributed by atoms with Gasteiger partial charge in [0.05, 0.1) is 6.10 Å². The maximum Gasteiger partial charge on any atom is 0.166 e. The lowest BCUT2D eigenvalue weighted by Gasteiger charge is -2.09. The fourth-order valence-corrected chi connectivity index (χ4v) is 1.75. The highest BCUT2D eigenvalue weighted by atomic mass is 79.9. The van der Waals surface area contributed by atoms with Gasteiger partial charge in [0.1, 0.15) is 5.75 Å². The van der Waals surface area contributed by atoms with Gasteiger partial charge >= 0.3 is 0 Å². The van der Waals surface area contributed by atoms with Gasteiger partial charge in [0.15, 0.2) is 11.6 Å². The Morgan fingerprint density at radius 1 is 1.17 bits per heavy atom. The lowest BCUT2D eigenvalue weighted by molar-refractivity contribution is 0.198. The Morgan fingerprint density at radius 2 is 1.83 bits per heavy atom. The molecule has 0 aromatic heterocycles. The molecule has 0 aliphatic rings. The summed E-state index contributed by atoms with van der Waals surface area (Å²) in [7, 11) is 0. The van der Waals surface area contributed by atoms with Crippen molar-refractivity contribution >= 4 is 15.9 Å². The van der Waals surface area contributed by atoms with Crippen LogP contribution in [-0.4, -0.2) is 5.11 Å². The minimum atomic E-state index is -0.693. The average Bonchev–Trinajstić information content (AvgIpc) is 2.34. The minimum absolute atomic E-state index is 0.140. The molecule has 0 saturated carbocycles. The monoisotopic (exact) mass is 310 g/mol. The van der Waals surface area contributed by atoms with E-state index < -0.39 is 11.9 Å². The van der Waals surface area contributed by atoms with Gasteiger partial charge in [-0.2, -0.15) is 0 Å². The van der Waals surface area contributed by atoms with Crippen molar-refractivity contribution in [1.82, 2.24) is 0 Å². The summed E-state index contributed by atoms with van der Waals surface area (Å²) in [6, 6.07) is 11.5. The quantitative estimate of drug-likeness (QED) is 0.908. The number of benzene rings is 2. The first-order valence-corrected chi connectivity index (χ1v) is 6.26. The highest BCUT2D eigenvalue weighted by molar-refractivity contribution is 9.10. The number of ether oxygens (including phenoxy) is 1. The topological polar surface area (TPSA) is 29.5 Å². The maximum atomic E-state index is 13.7. The molecule has 0 spiro atoms. The van der Waals surface area contributed by atoms with Gasteiger partial charge < -0.3 is 9.84 Å². The molecule has 94 valence electrons. The minimum Gasteiger partial charge on any atom is -0.454 e. The molecule has 2 nitrogen and oxygen atoms in total. The zero-order valence-electron chi connectivity index (χ0n) is 9.73. The van der Waals surface area contributed by atoms with E-state index >= 15 is 0 Å². The number of rotatable bonds is 3. The van der Waals surface area contributed by atoms with Crippen molar-refractivity contribution in [3.63, 3.8) is 0 Å². The second kappa shape index (κ2) is 5.50. The summed E-state index contributed by atoms with van der Waals surface area (Å²) in [5.41, 5.74) is 0.524. The van der Waals surface area contributed by atoms with E-state index in [1.807, 2.05) is 12.1 Å². The lowest BCUT2D eigenvalue weighted by atomic mass is 10.1. The Hall–Kier alpha value is -1.39. The van der Waals surface area contributed by atoms with Crippen molar-refractivity contribution in [2.75, 3.05) is 0 Å². The van der Waals surface area contributed by atoms with Crippen LogP contribution >= 0.6 is 15.9 Å². The number of hydrogen-bond acceptors (Lipinski definition) is 2. The van der Waals surface area contributed by atoms with E-state index in [-0.39, 0.29) is 5.75 Å². The number of aliphatic hydroxyl groups excluding tert-OH is 1. The molecule has 2 aromatic rings. The van der Waals surface area contributed by atoms with Crippen molar-refractivity contribution in [2.24, 2.45) is 0 Å². The summed E-state index contributed by atoms with van der Waals surface area (Å²) in [5, 5.41) is 9.35. The molecule has 0 unspecified atom stereocenters. The summed E-state index contributed by atoms with van der Waals surface area (Å²) in [6.07, 6.45) is -0.693. The summed E-state index contributed by atoms with van der Waals surface area (Å²) in [5.74, 6) is 0.208. The fourth-order valence-electron chi connectivity index (χ4n) is 1.49. The van der Waals surface area contributed by atoms with Crippen LogP contribution in [0.5, 0.6) is 11.5 Å². The number of hydrogen-bond donors (Lipinski definition) is 1. The first-order chi connectivity index (χ1) is 8.56. The molecule has 0 fully saturated rings. The van der Waals surface area contributed by atoms with E-state index in [0.717, 1.165) is 4.47 Å². The highest BCUT2D eigenvalue weighted by Crippen LogP contribution is 2.27. The zero-order valence-corrected chi connectivity index (χ0v) is 11.3. The first kappa shape index (κ1) is 13.1. The van der Waals surface area contributed by atoms with Crippen molar-refractivity contribution in [3.05, 3.63) is 58.3 Å². The van der Waals surface area contributed by atoms with Crippen LogP contribution in [0.4, 0.5) is 4.39 Å². The van der Waals surface area contributed by atoms with Crippen LogP contribution in [0.2, 0.25) is 0 Å². The molecule has 1 atom stereocenters. The van der Waals surface area contributed by atoms with E-state index in [4.69, 9.17) is 4.74 Å². The van der Waals surface area contributed by atoms with Gasteiger partial charge in [-0.25, -0.2) is 4.39 Å². The zero-order chi connectivity index (χ0) is 13.1. The molecule has 0 aliphatic carbocycles. The summed E-state index contributed by atoms with van der Waals surface area (Å²) < 4.78 is 20.1. The maximum absolute atomic E-state index is 13.7. The van der Waals surface area contributed by atoms with Gasteiger partial charge in [0, 0.05) is 4.47 Å². The van der Waals surface area contributed by atoms with Crippen LogP contribution in [-0.2, 0) is 0 Å². The third kappa shape index (κ3) is 3.09. The molecule has 0 bridgehead atoms. The van der Waals surface area contributed by atoms with Crippen LogP contribution in [0.1, 0.15) is 18.6 Å². The smallest absolute Gasteiger partial charge is 0.166 e. The van der Waals surface area contributed by atoms with Gasteiger partial charge in [-0.1, -0.05) is 22.0 Å². The third-order valence-electron chi connectivity index (χ3n) is 2.48. The molecule has 0 amide bonds. The summed E-state index contributed by atoms with van der Waals surface area (Å²) in [4.78, 5) is 0. The van der Waals surface area contributed by atoms with Gasteiger partial charge in [-0.05, 0) is 48.9 Å². The molecule has 0 radical (unpaired) electrons. The van der Waals surface area contributed by atoms with Crippen LogP contribution in [0.3, 0.4) is 0 Å². The van der Waals surface area contributed by atoms with Gasteiger partial charge in [0.25, 0.3) is 0 Å². The SMILES string of the molecule is C[C@H](O)c1ccc(Oc2ccc(Br)cc2)c(F)c1. The average molecular weight is 311 g/mol. The third-order valence-corrected chi connectivity index (χ3v) is 3.01. The van der Waals surface area contributed by atoms with E-state index in [2.05, 4.69) is 15.9 Å². The molecule has 0 aliphatic heterocycles. The standard InChI is InChI=1S/C14H12BrFO2/c1-9(17)10-2-7-14(13(16)8-10)18-12-5-3-11(15)4-6-12/h2-9,17H,1H3/t9-/m0/s1. The van der Waals surface area contributed by atoms with E-state index in [1.165, 1.54) is 12.1 Å². The molecule has 2 rings (SSSR count). The second-order valence-corrected chi connectivity index (χ2v) is 4.84. The Kier molecular flexibility index (Phi) is 3.99. The molecular weight excluding hydrogens is 299 g/mol.